The Morgan fingerprint density at radius 1 is 1.33 bits per heavy atom. The molecule has 2 rings (SSSR count). The van der Waals surface area contributed by atoms with Gasteiger partial charge in [0, 0.05) is 37.4 Å². The van der Waals surface area contributed by atoms with Crippen LogP contribution in [0.2, 0.25) is 4.34 Å². The quantitative estimate of drug-likeness (QED) is 0.870. The van der Waals surface area contributed by atoms with E-state index in [0.717, 1.165) is 17.4 Å². The minimum Gasteiger partial charge on any atom is -0.357 e. The van der Waals surface area contributed by atoms with E-state index in [1.54, 1.807) is 11.3 Å². The molecule has 0 unspecified atom stereocenters. The van der Waals surface area contributed by atoms with Crippen molar-refractivity contribution in [3.63, 3.8) is 0 Å². The van der Waals surface area contributed by atoms with Crippen molar-refractivity contribution in [1.29, 1.82) is 0 Å². The number of nitrogens with zero attached hydrogens (tertiary/aromatic N) is 1. The molecule has 0 amide bonds. The Labute approximate surface area is 98.5 Å². The molecule has 2 aromatic rings. The summed E-state index contributed by atoms with van der Waals surface area (Å²) in [6.07, 6.45) is 4.17. The third-order valence-corrected chi connectivity index (χ3v) is 3.38. The van der Waals surface area contributed by atoms with Gasteiger partial charge in [0.15, 0.2) is 0 Å². The standard InChI is InChI=1S/C11H13ClN2S/c1-14-5-4-9(8-14)6-13-7-10-2-3-11(12)15-10/h2-5,8,13H,6-7H2,1H3. The molecule has 0 bridgehead atoms. The van der Waals surface area contributed by atoms with Crippen molar-refractivity contribution in [3.8, 4) is 0 Å². The van der Waals surface area contributed by atoms with Crippen LogP contribution in [0.15, 0.2) is 30.6 Å². The predicted octanol–water partition coefficient (Wildman–Crippen LogP) is 3.03. The summed E-state index contributed by atoms with van der Waals surface area (Å²) >= 11 is 7.47. The second kappa shape index (κ2) is 4.84. The molecule has 1 N–H and O–H groups in total. The fraction of sp³-hybridized carbons (Fsp3) is 0.273. The Kier molecular flexibility index (Phi) is 3.46. The van der Waals surface area contributed by atoms with E-state index in [0.29, 0.717) is 0 Å². The van der Waals surface area contributed by atoms with Crippen LogP contribution < -0.4 is 5.32 Å². The van der Waals surface area contributed by atoms with E-state index in [2.05, 4.69) is 34.4 Å². The maximum Gasteiger partial charge on any atom is 0.0931 e. The molecule has 0 aliphatic carbocycles. The number of thiophene rings is 1. The lowest BCUT2D eigenvalue weighted by Gasteiger charge is -2.00. The third kappa shape index (κ3) is 3.09. The van der Waals surface area contributed by atoms with Crippen LogP contribution in [-0.4, -0.2) is 4.57 Å². The van der Waals surface area contributed by atoms with Crippen LogP contribution in [-0.2, 0) is 20.1 Å². The van der Waals surface area contributed by atoms with Crippen molar-refractivity contribution in [3.05, 3.63) is 45.4 Å². The highest BCUT2D eigenvalue weighted by molar-refractivity contribution is 7.16. The van der Waals surface area contributed by atoms with E-state index in [1.807, 2.05) is 13.1 Å². The zero-order valence-corrected chi connectivity index (χ0v) is 10.1. The van der Waals surface area contributed by atoms with Gasteiger partial charge in [0.2, 0.25) is 0 Å². The molecule has 0 saturated heterocycles. The molecule has 0 fully saturated rings. The van der Waals surface area contributed by atoms with Gasteiger partial charge in [-0.05, 0) is 23.8 Å². The summed E-state index contributed by atoms with van der Waals surface area (Å²) in [5, 5.41) is 3.38. The molecule has 0 aliphatic heterocycles. The zero-order valence-electron chi connectivity index (χ0n) is 8.53. The number of hydrogen-bond donors (Lipinski definition) is 1. The fourth-order valence-corrected chi connectivity index (χ4v) is 2.50. The average Bonchev–Trinajstić information content (AvgIpc) is 2.76. The molecule has 0 aliphatic rings. The van der Waals surface area contributed by atoms with Crippen LogP contribution in [0.5, 0.6) is 0 Å². The summed E-state index contributed by atoms with van der Waals surface area (Å²) in [5.41, 5.74) is 1.31. The van der Waals surface area contributed by atoms with Crippen LogP contribution >= 0.6 is 22.9 Å². The molecule has 0 saturated carbocycles. The summed E-state index contributed by atoms with van der Waals surface area (Å²) in [4.78, 5) is 1.27. The summed E-state index contributed by atoms with van der Waals surface area (Å²) < 4.78 is 2.91. The fourth-order valence-electron chi connectivity index (χ4n) is 1.44. The summed E-state index contributed by atoms with van der Waals surface area (Å²) in [5.74, 6) is 0. The Morgan fingerprint density at radius 2 is 2.20 bits per heavy atom. The van der Waals surface area contributed by atoms with Crippen molar-refractivity contribution in [2.75, 3.05) is 0 Å². The maximum absolute atomic E-state index is 5.85. The largest absolute Gasteiger partial charge is 0.357 e. The second-order valence-corrected chi connectivity index (χ2v) is 5.29. The first kappa shape index (κ1) is 10.7. The second-order valence-electron chi connectivity index (χ2n) is 3.49. The molecule has 0 spiro atoms. The predicted molar refractivity (Wildman–Crippen MR) is 65.3 cm³/mol. The Hall–Kier alpha value is -0.770. The summed E-state index contributed by atoms with van der Waals surface area (Å²) in [6, 6.07) is 6.12. The van der Waals surface area contributed by atoms with Crippen molar-refractivity contribution >= 4 is 22.9 Å². The molecule has 0 atom stereocenters. The van der Waals surface area contributed by atoms with Gasteiger partial charge in [-0.2, -0.15) is 0 Å². The number of nitrogens with one attached hydrogen (secondary N) is 1. The van der Waals surface area contributed by atoms with Gasteiger partial charge in [-0.3, -0.25) is 0 Å². The SMILES string of the molecule is Cn1ccc(CNCc2ccc(Cl)s2)c1. The van der Waals surface area contributed by atoms with Gasteiger partial charge >= 0.3 is 0 Å². The van der Waals surface area contributed by atoms with Crippen LogP contribution in [0.25, 0.3) is 0 Å². The molecule has 2 heterocycles. The van der Waals surface area contributed by atoms with Crippen molar-refractivity contribution in [2.45, 2.75) is 13.1 Å². The van der Waals surface area contributed by atoms with E-state index in [-0.39, 0.29) is 0 Å². The highest BCUT2D eigenvalue weighted by Crippen LogP contribution is 2.21. The van der Waals surface area contributed by atoms with Crippen molar-refractivity contribution < 1.29 is 0 Å². The molecule has 15 heavy (non-hydrogen) atoms. The minimum absolute atomic E-state index is 0.853. The number of hydrogen-bond acceptors (Lipinski definition) is 2. The zero-order chi connectivity index (χ0) is 10.7. The van der Waals surface area contributed by atoms with Crippen molar-refractivity contribution in [2.24, 2.45) is 7.05 Å². The molecule has 0 aromatic carbocycles. The van der Waals surface area contributed by atoms with E-state index >= 15 is 0 Å². The monoisotopic (exact) mass is 240 g/mol. The first-order valence-corrected chi connectivity index (χ1v) is 5.99. The first-order chi connectivity index (χ1) is 7.24. The lowest BCUT2D eigenvalue weighted by atomic mass is 10.3. The van der Waals surface area contributed by atoms with Gasteiger partial charge in [0.1, 0.15) is 0 Å². The molecule has 4 heteroatoms. The molecular formula is C11H13ClN2S. The Bertz CT molecular complexity index is 393. The highest BCUT2D eigenvalue weighted by Gasteiger charge is 1.98. The van der Waals surface area contributed by atoms with Gasteiger partial charge < -0.3 is 9.88 Å². The average molecular weight is 241 g/mol. The number of aryl methyl sites for hydroxylation is 1. The lowest BCUT2D eigenvalue weighted by molar-refractivity contribution is 0.699. The Morgan fingerprint density at radius 3 is 2.80 bits per heavy atom. The molecule has 2 nitrogen and oxygen atoms in total. The molecule has 80 valence electrons. The summed E-state index contributed by atoms with van der Waals surface area (Å²) in [6.45, 7) is 1.78. The number of rotatable bonds is 4. The molecule has 0 radical (unpaired) electrons. The van der Waals surface area contributed by atoms with Gasteiger partial charge in [-0.25, -0.2) is 0 Å². The normalized spacial score (nSPS) is 10.8. The Balaban J connectivity index is 1.80. The maximum atomic E-state index is 5.85. The van der Waals surface area contributed by atoms with Crippen LogP contribution in [0.3, 0.4) is 0 Å². The van der Waals surface area contributed by atoms with Crippen LogP contribution in [0.1, 0.15) is 10.4 Å². The van der Waals surface area contributed by atoms with Gasteiger partial charge in [0.25, 0.3) is 0 Å². The first-order valence-electron chi connectivity index (χ1n) is 4.80. The van der Waals surface area contributed by atoms with Gasteiger partial charge in [-0.1, -0.05) is 11.6 Å². The van der Waals surface area contributed by atoms with E-state index in [1.165, 1.54) is 10.4 Å². The van der Waals surface area contributed by atoms with Gasteiger partial charge in [0.05, 0.1) is 4.34 Å². The van der Waals surface area contributed by atoms with E-state index < -0.39 is 0 Å². The third-order valence-electron chi connectivity index (χ3n) is 2.15. The van der Waals surface area contributed by atoms with Crippen LogP contribution in [0.4, 0.5) is 0 Å². The molecule has 2 aromatic heterocycles. The van der Waals surface area contributed by atoms with Gasteiger partial charge in [-0.15, -0.1) is 11.3 Å². The lowest BCUT2D eigenvalue weighted by Crippen LogP contribution is -2.11. The smallest absolute Gasteiger partial charge is 0.0931 e. The van der Waals surface area contributed by atoms with E-state index in [4.69, 9.17) is 11.6 Å². The summed E-state index contributed by atoms with van der Waals surface area (Å²) in [7, 11) is 2.03. The topological polar surface area (TPSA) is 17.0 Å². The highest BCUT2D eigenvalue weighted by atomic mass is 35.5. The molecular weight excluding hydrogens is 228 g/mol. The van der Waals surface area contributed by atoms with E-state index in [9.17, 15) is 0 Å². The minimum atomic E-state index is 0.853. The number of aromatic nitrogens is 1. The van der Waals surface area contributed by atoms with Crippen molar-refractivity contribution in [1.82, 2.24) is 9.88 Å². The van der Waals surface area contributed by atoms with Crippen LogP contribution in [0, 0.1) is 0 Å². The number of halogens is 1.